The summed E-state index contributed by atoms with van der Waals surface area (Å²) in [4.78, 5) is 38.4. The third-order valence-corrected chi connectivity index (χ3v) is 5.75. The number of aromatic carboxylic acids is 1. The third-order valence-electron chi connectivity index (χ3n) is 5.75. The molecule has 1 amide bonds. The number of carbonyl (C=O) groups excluding carboxylic acids is 1. The first-order valence-electron chi connectivity index (χ1n) is 10.0. The Kier molecular flexibility index (Phi) is 5.73. The molecule has 4 rings (SSSR count). The van der Waals surface area contributed by atoms with Crippen LogP contribution in [0.15, 0.2) is 54.7 Å². The smallest absolute Gasteiger partial charge is 0.335 e. The fraction of sp³-hybridized carbons (Fsp3) is 0.261. The highest BCUT2D eigenvalue weighted by Gasteiger charge is 2.32. The van der Waals surface area contributed by atoms with Crippen molar-refractivity contribution >= 4 is 29.3 Å². The molecule has 160 valence electrons. The van der Waals surface area contributed by atoms with Gasteiger partial charge in [-0.15, -0.1) is 0 Å². The van der Waals surface area contributed by atoms with Crippen LogP contribution in [0, 0.1) is 0 Å². The zero-order valence-electron chi connectivity index (χ0n) is 16.8. The highest BCUT2D eigenvalue weighted by atomic mass is 16.4. The molecule has 1 unspecified atom stereocenters. The molecule has 1 aromatic heterocycles. The molecule has 3 aromatic rings. The van der Waals surface area contributed by atoms with E-state index < -0.39 is 18.0 Å². The first-order valence-corrected chi connectivity index (χ1v) is 10.0. The monoisotopic (exact) mass is 421 g/mol. The van der Waals surface area contributed by atoms with E-state index in [2.05, 4.69) is 0 Å². The van der Waals surface area contributed by atoms with Crippen molar-refractivity contribution in [3.05, 3.63) is 71.4 Å². The Morgan fingerprint density at radius 1 is 1.00 bits per heavy atom. The first kappa shape index (κ1) is 20.6. The summed E-state index contributed by atoms with van der Waals surface area (Å²) in [6.45, 7) is 2.31. The van der Waals surface area contributed by atoms with Crippen molar-refractivity contribution < 1.29 is 24.6 Å². The fourth-order valence-electron chi connectivity index (χ4n) is 4.17. The second-order valence-electron chi connectivity index (χ2n) is 7.65. The zero-order chi connectivity index (χ0) is 22.0. The summed E-state index contributed by atoms with van der Waals surface area (Å²) in [5.41, 5.74) is 2.50. The molecule has 1 saturated heterocycles. The number of fused-ring (bicyclic) bond motifs is 1. The molecule has 0 spiro atoms. The second kappa shape index (κ2) is 8.61. The quantitative estimate of drug-likeness (QED) is 0.568. The summed E-state index contributed by atoms with van der Waals surface area (Å²) in [7, 11) is 0. The van der Waals surface area contributed by atoms with E-state index in [0.29, 0.717) is 43.7 Å². The van der Waals surface area contributed by atoms with E-state index in [9.17, 15) is 24.6 Å². The predicted molar refractivity (Wildman–Crippen MR) is 114 cm³/mol. The van der Waals surface area contributed by atoms with Crippen molar-refractivity contribution in [1.29, 1.82) is 0 Å². The molecule has 2 heterocycles. The molecule has 8 heteroatoms. The van der Waals surface area contributed by atoms with E-state index in [1.807, 2.05) is 46.0 Å². The Labute approximate surface area is 178 Å². The predicted octanol–water partition coefficient (Wildman–Crippen LogP) is 2.29. The SMILES string of the molecule is O=CN1CCN(C(C(=O)O)c2cn(Cc3ccccc3)c3ccc(C(=O)O)cc23)CC1. The molecule has 0 saturated carbocycles. The Bertz CT molecular complexity index is 1120. The van der Waals surface area contributed by atoms with E-state index in [0.717, 1.165) is 17.5 Å². The normalized spacial score (nSPS) is 15.7. The van der Waals surface area contributed by atoms with Crippen molar-refractivity contribution in [2.75, 3.05) is 26.2 Å². The molecular formula is C23H23N3O5. The molecule has 1 atom stereocenters. The van der Waals surface area contributed by atoms with Crippen LogP contribution in [0.2, 0.25) is 0 Å². The highest BCUT2D eigenvalue weighted by molar-refractivity contribution is 5.96. The summed E-state index contributed by atoms with van der Waals surface area (Å²) < 4.78 is 1.96. The molecule has 0 radical (unpaired) electrons. The fourth-order valence-corrected chi connectivity index (χ4v) is 4.17. The number of aromatic nitrogens is 1. The van der Waals surface area contributed by atoms with Gasteiger partial charge in [-0.05, 0) is 23.8 Å². The largest absolute Gasteiger partial charge is 0.480 e. The number of nitrogens with zero attached hydrogens (tertiary/aromatic N) is 3. The number of amides is 1. The van der Waals surface area contributed by atoms with E-state index in [-0.39, 0.29) is 5.56 Å². The minimum atomic E-state index is -1.06. The van der Waals surface area contributed by atoms with Crippen molar-refractivity contribution in [1.82, 2.24) is 14.4 Å². The van der Waals surface area contributed by atoms with Crippen molar-refractivity contribution in [3.8, 4) is 0 Å². The number of aliphatic carboxylic acids is 1. The lowest BCUT2D eigenvalue weighted by atomic mass is 10.0. The number of rotatable bonds is 7. The molecule has 31 heavy (non-hydrogen) atoms. The molecule has 8 nitrogen and oxygen atoms in total. The van der Waals surface area contributed by atoms with Gasteiger partial charge in [-0.25, -0.2) is 4.79 Å². The van der Waals surface area contributed by atoms with Gasteiger partial charge in [0.25, 0.3) is 0 Å². The molecule has 1 aliphatic rings. The molecule has 1 fully saturated rings. The van der Waals surface area contributed by atoms with Crippen LogP contribution >= 0.6 is 0 Å². The zero-order valence-corrected chi connectivity index (χ0v) is 16.8. The molecule has 1 aliphatic heterocycles. The lowest BCUT2D eigenvalue weighted by Crippen LogP contribution is -2.48. The van der Waals surface area contributed by atoms with Crippen molar-refractivity contribution in [2.24, 2.45) is 0 Å². The average molecular weight is 421 g/mol. The van der Waals surface area contributed by atoms with E-state index in [1.54, 1.807) is 17.0 Å². The van der Waals surface area contributed by atoms with Gasteiger partial charge in [-0.2, -0.15) is 0 Å². The number of piperazine rings is 1. The topological polar surface area (TPSA) is 103 Å². The van der Waals surface area contributed by atoms with E-state index >= 15 is 0 Å². The lowest BCUT2D eigenvalue weighted by Gasteiger charge is -2.36. The molecule has 2 aromatic carbocycles. The van der Waals surface area contributed by atoms with E-state index in [4.69, 9.17) is 0 Å². The summed E-state index contributed by atoms with van der Waals surface area (Å²) in [6, 6.07) is 13.7. The number of carboxylic acid groups (broad SMARTS) is 2. The highest BCUT2D eigenvalue weighted by Crippen LogP contribution is 2.32. The lowest BCUT2D eigenvalue weighted by molar-refractivity contribution is -0.144. The molecule has 0 aliphatic carbocycles. The minimum Gasteiger partial charge on any atom is -0.480 e. The Balaban J connectivity index is 1.80. The van der Waals surface area contributed by atoms with Gasteiger partial charge in [0, 0.05) is 55.4 Å². The van der Waals surface area contributed by atoms with Crippen LogP contribution in [-0.2, 0) is 16.1 Å². The van der Waals surface area contributed by atoms with Crippen LogP contribution < -0.4 is 0 Å². The van der Waals surface area contributed by atoms with Gasteiger partial charge in [-0.3, -0.25) is 14.5 Å². The number of carbonyl (C=O) groups is 3. The maximum absolute atomic E-state index is 12.3. The van der Waals surface area contributed by atoms with Gasteiger partial charge >= 0.3 is 11.9 Å². The van der Waals surface area contributed by atoms with Crippen molar-refractivity contribution in [2.45, 2.75) is 12.6 Å². The van der Waals surface area contributed by atoms with Crippen LogP contribution in [0.4, 0.5) is 0 Å². The van der Waals surface area contributed by atoms with Gasteiger partial charge in [0.1, 0.15) is 6.04 Å². The Hall–Kier alpha value is -3.65. The van der Waals surface area contributed by atoms with Crippen LogP contribution in [0.25, 0.3) is 10.9 Å². The summed E-state index contributed by atoms with van der Waals surface area (Å²) in [5.74, 6) is -2.06. The Morgan fingerprint density at radius 3 is 2.32 bits per heavy atom. The average Bonchev–Trinajstić information content (AvgIpc) is 3.12. The molecule has 0 bridgehead atoms. The minimum absolute atomic E-state index is 0.112. The Morgan fingerprint density at radius 2 is 1.71 bits per heavy atom. The molecule has 2 N–H and O–H groups in total. The summed E-state index contributed by atoms with van der Waals surface area (Å²) in [5, 5.41) is 20.2. The van der Waals surface area contributed by atoms with Crippen LogP contribution in [0.5, 0.6) is 0 Å². The molecular weight excluding hydrogens is 398 g/mol. The number of benzene rings is 2. The van der Waals surface area contributed by atoms with Gasteiger partial charge in [0.15, 0.2) is 0 Å². The van der Waals surface area contributed by atoms with Crippen LogP contribution in [0.1, 0.15) is 27.5 Å². The second-order valence-corrected chi connectivity index (χ2v) is 7.65. The van der Waals surface area contributed by atoms with Crippen LogP contribution in [-0.4, -0.2) is 69.1 Å². The van der Waals surface area contributed by atoms with Gasteiger partial charge < -0.3 is 19.7 Å². The van der Waals surface area contributed by atoms with Gasteiger partial charge in [0.2, 0.25) is 6.41 Å². The maximum atomic E-state index is 12.3. The maximum Gasteiger partial charge on any atom is 0.335 e. The van der Waals surface area contributed by atoms with Gasteiger partial charge in [-0.1, -0.05) is 30.3 Å². The third kappa shape index (κ3) is 4.15. The summed E-state index contributed by atoms with van der Waals surface area (Å²) in [6.07, 6.45) is 2.59. The van der Waals surface area contributed by atoms with E-state index in [1.165, 1.54) is 6.07 Å². The number of hydrogen-bond donors (Lipinski definition) is 2. The number of hydrogen-bond acceptors (Lipinski definition) is 4. The summed E-state index contributed by atoms with van der Waals surface area (Å²) >= 11 is 0. The van der Waals surface area contributed by atoms with Crippen molar-refractivity contribution in [3.63, 3.8) is 0 Å². The number of carboxylic acids is 2. The standard InChI is InChI=1S/C23H23N3O5/c27-15-24-8-10-25(11-9-24)21(23(30)31)19-14-26(13-16-4-2-1-3-5-16)20-7-6-17(22(28)29)12-18(19)20/h1-7,12,14-15,21H,8-11,13H2,(H,28,29)(H,30,31). The van der Waals surface area contributed by atoms with Crippen LogP contribution in [0.3, 0.4) is 0 Å². The van der Waals surface area contributed by atoms with Gasteiger partial charge in [0.05, 0.1) is 5.56 Å². The first-order chi connectivity index (χ1) is 15.0.